The molecule has 5 rings (SSSR count). The summed E-state index contributed by atoms with van der Waals surface area (Å²) in [6.07, 6.45) is -40.2. The Morgan fingerprint density at radius 1 is 0.400 bits per heavy atom. The van der Waals surface area contributed by atoms with Crippen LogP contribution >= 0.6 is 0 Å². The van der Waals surface area contributed by atoms with E-state index in [0.717, 1.165) is 20.8 Å². The van der Waals surface area contributed by atoms with E-state index in [-0.39, 0.29) is 0 Å². The first-order valence-electron chi connectivity index (χ1n) is 20.6. The van der Waals surface area contributed by atoms with Gasteiger partial charge in [0.25, 0.3) is 0 Å². The second-order valence-corrected chi connectivity index (χ2v) is 16.2. The third-order valence-electron chi connectivity index (χ3n) is 11.5. The second kappa shape index (κ2) is 23.2. The minimum absolute atomic E-state index is 0.709. The molecule has 0 aromatic heterocycles. The summed E-state index contributed by atoms with van der Waals surface area (Å²) in [7, 11) is 0. The zero-order valence-electron chi connectivity index (χ0n) is 35.1. The fourth-order valence-corrected chi connectivity index (χ4v) is 8.14. The molecule has 5 aliphatic heterocycles. The average Bonchev–Trinajstić information content (AvgIpc) is 3.25. The lowest BCUT2D eigenvalue weighted by atomic mass is 9.94. The molecule has 0 bridgehead atoms. The van der Waals surface area contributed by atoms with E-state index in [1.54, 1.807) is 0 Å². The van der Waals surface area contributed by atoms with Crippen LogP contribution in [0.2, 0.25) is 0 Å². The van der Waals surface area contributed by atoms with Crippen molar-refractivity contribution in [1.29, 1.82) is 0 Å². The molecule has 0 radical (unpaired) electrons. The Morgan fingerprint density at radius 2 is 0.800 bits per heavy atom. The molecule has 0 aliphatic carbocycles. The first kappa shape index (κ1) is 53.4. The molecular formula is C36H61N3O26. The standard InChI is InChI=1S/C36H61N3O26/c1-9(44)37-17-24(51)29(14(6-42)58-32(17)56)64-36-28(55)31(22(49)16(62-36)8-57-33-18(38-10(2)45)23(50)20(47)12(4-40)59-33)65-34-19(39-11(3)46)25(52)30(15(7-43)61-34)63-35-27(54)26(53)21(48)13(5-41)60-35/h12-36,40-43,47-56H,4-8H2,1-3H3,(H,37,44)(H,38,45)(H,39,46)/t12-,13-,14-,15-,16-,17-,18-,19-,20-,21+,22+,23-,24-,25-,26+,27-,28-,29-,30-,31+,32-,33-,34+,35+,36+/m1/s1. The highest BCUT2D eigenvalue weighted by Crippen LogP contribution is 2.35. The van der Waals surface area contributed by atoms with Crippen LogP contribution in [0.15, 0.2) is 0 Å². The third-order valence-corrected chi connectivity index (χ3v) is 11.5. The number of carbonyl (C=O) groups is 3. The number of rotatable bonds is 16. The van der Waals surface area contributed by atoms with Gasteiger partial charge in [0.1, 0.15) is 122 Å². The van der Waals surface area contributed by atoms with Gasteiger partial charge in [-0.05, 0) is 0 Å². The van der Waals surface area contributed by atoms with Crippen LogP contribution in [0.3, 0.4) is 0 Å². The molecule has 376 valence electrons. The van der Waals surface area contributed by atoms with E-state index in [1.807, 2.05) is 0 Å². The van der Waals surface area contributed by atoms with E-state index >= 15 is 0 Å². The molecule has 25 atom stereocenters. The molecule has 0 saturated carbocycles. The number of nitrogens with one attached hydrogen (secondary N) is 3. The summed E-state index contributed by atoms with van der Waals surface area (Å²) in [6.45, 7) is -1.26. The van der Waals surface area contributed by atoms with E-state index in [1.165, 1.54) is 0 Å². The summed E-state index contributed by atoms with van der Waals surface area (Å²) in [5, 5.41) is 156. The predicted molar refractivity (Wildman–Crippen MR) is 201 cm³/mol. The molecule has 3 amide bonds. The highest BCUT2D eigenvalue weighted by molar-refractivity contribution is 5.74. The van der Waals surface area contributed by atoms with Crippen molar-refractivity contribution in [2.75, 3.05) is 33.0 Å². The SMILES string of the molecule is CC(=O)N[C@@H]1[C@@H](O)[C@H](O[C@@H]2O[C@H](CO[C@@H]3O[C@H](CO)[C@@H](O)[C@H](O)[C@H]3NC(C)=O)[C@H](O)[C@H](O[C@@H]3O[C@H](CO)[C@@H](O[C@@H]4O[C@H](CO)[C@H](O)[C@H](O)[C@H]4O)[C@H](O)[C@H]3NC(C)=O)[C@H]2O)[C@@H](CO)O[C@H]1O. The van der Waals surface area contributed by atoms with Crippen molar-refractivity contribution in [2.24, 2.45) is 0 Å². The summed E-state index contributed by atoms with van der Waals surface area (Å²) in [4.78, 5) is 36.5. The molecular weight excluding hydrogens is 890 g/mol. The fraction of sp³-hybridized carbons (Fsp3) is 0.917. The van der Waals surface area contributed by atoms with Crippen LogP contribution in [0.4, 0.5) is 0 Å². The first-order valence-corrected chi connectivity index (χ1v) is 20.6. The molecule has 0 aromatic carbocycles. The van der Waals surface area contributed by atoms with Crippen molar-refractivity contribution >= 4 is 17.7 Å². The van der Waals surface area contributed by atoms with Gasteiger partial charge in [-0.2, -0.15) is 0 Å². The molecule has 5 fully saturated rings. The Morgan fingerprint density at radius 3 is 1.32 bits per heavy atom. The van der Waals surface area contributed by atoms with Crippen LogP contribution in [0.5, 0.6) is 0 Å². The Bertz CT molecular complexity index is 1560. The molecule has 29 heteroatoms. The van der Waals surface area contributed by atoms with Gasteiger partial charge >= 0.3 is 0 Å². The molecule has 0 spiro atoms. The van der Waals surface area contributed by atoms with Crippen LogP contribution < -0.4 is 16.0 Å². The van der Waals surface area contributed by atoms with Crippen LogP contribution in [0, 0.1) is 0 Å². The molecule has 29 nitrogen and oxygen atoms in total. The summed E-state index contributed by atoms with van der Waals surface area (Å²) in [5.41, 5.74) is 0. The van der Waals surface area contributed by atoms with Crippen molar-refractivity contribution in [3.8, 4) is 0 Å². The minimum atomic E-state index is -2.19. The number of carbonyl (C=O) groups excluding carboxylic acids is 3. The normalized spacial score (nSPS) is 47.1. The Labute approximate surface area is 369 Å². The number of hydrogen-bond donors (Lipinski definition) is 17. The Hall–Kier alpha value is -2.51. The van der Waals surface area contributed by atoms with Crippen molar-refractivity contribution in [3.05, 3.63) is 0 Å². The Balaban J connectivity index is 1.46. The van der Waals surface area contributed by atoms with Crippen LogP contribution in [0.25, 0.3) is 0 Å². The van der Waals surface area contributed by atoms with Gasteiger partial charge < -0.3 is 130 Å². The number of amides is 3. The molecule has 0 unspecified atom stereocenters. The van der Waals surface area contributed by atoms with Gasteiger partial charge in [-0.15, -0.1) is 0 Å². The van der Waals surface area contributed by atoms with Gasteiger partial charge in [-0.1, -0.05) is 0 Å². The van der Waals surface area contributed by atoms with E-state index in [4.69, 9.17) is 42.6 Å². The van der Waals surface area contributed by atoms with E-state index in [0.29, 0.717) is 0 Å². The lowest BCUT2D eigenvalue weighted by Gasteiger charge is -2.50. The quantitative estimate of drug-likeness (QED) is 0.0683. The van der Waals surface area contributed by atoms with Gasteiger partial charge in [0.05, 0.1) is 33.0 Å². The van der Waals surface area contributed by atoms with E-state index in [9.17, 15) is 85.9 Å². The van der Waals surface area contributed by atoms with Gasteiger partial charge in [-0.25, -0.2) is 0 Å². The highest BCUT2D eigenvalue weighted by Gasteiger charge is 2.56. The molecule has 5 saturated heterocycles. The van der Waals surface area contributed by atoms with Gasteiger partial charge in [0.15, 0.2) is 31.5 Å². The van der Waals surface area contributed by atoms with Crippen molar-refractivity contribution in [2.45, 2.75) is 174 Å². The number of aliphatic hydroxyl groups is 14. The smallest absolute Gasteiger partial charge is 0.217 e. The van der Waals surface area contributed by atoms with Crippen LogP contribution in [0.1, 0.15) is 20.8 Å². The first-order chi connectivity index (χ1) is 30.7. The van der Waals surface area contributed by atoms with E-state index < -0.39 is 204 Å². The topological polar surface area (TPSA) is 454 Å². The third kappa shape index (κ3) is 12.0. The predicted octanol–water partition coefficient (Wildman–Crippen LogP) is -11.5. The molecule has 65 heavy (non-hydrogen) atoms. The fourth-order valence-electron chi connectivity index (χ4n) is 8.14. The summed E-state index contributed by atoms with van der Waals surface area (Å²) >= 11 is 0. The average molecular weight is 952 g/mol. The zero-order valence-corrected chi connectivity index (χ0v) is 35.1. The molecule has 0 aromatic rings. The number of aliphatic hydroxyl groups excluding tert-OH is 14. The number of hydrogen-bond acceptors (Lipinski definition) is 26. The second-order valence-electron chi connectivity index (χ2n) is 16.2. The lowest BCUT2D eigenvalue weighted by molar-refractivity contribution is -0.380. The molecule has 5 aliphatic rings. The van der Waals surface area contributed by atoms with Gasteiger partial charge in [0.2, 0.25) is 17.7 Å². The van der Waals surface area contributed by atoms with E-state index in [2.05, 4.69) is 16.0 Å². The maximum Gasteiger partial charge on any atom is 0.217 e. The van der Waals surface area contributed by atoms with Gasteiger partial charge in [-0.3, -0.25) is 14.4 Å². The molecule has 5 heterocycles. The van der Waals surface area contributed by atoms with Crippen LogP contribution in [-0.4, -0.2) is 276 Å². The maximum absolute atomic E-state index is 12.5. The number of ether oxygens (including phenoxy) is 9. The van der Waals surface area contributed by atoms with Crippen molar-refractivity contribution in [1.82, 2.24) is 16.0 Å². The highest BCUT2D eigenvalue weighted by atomic mass is 16.8. The minimum Gasteiger partial charge on any atom is -0.394 e. The van der Waals surface area contributed by atoms with Crippen molar-refractivity contribution < 1.29 is 129 Å². The van der Waals surface area contributed by atoms with Crippen LogP contribution in [-0.2, 0) is 57.0 Å². The monoisotopic (exact) mass is 951 g/mol. The summed E-state index contributed by atoms with van der Waals surface area (Å²) in [6, 6.07) is -4.81. The lowest BCUT2D eigenvalue weighted by Crippen LogP contribution is -2.70. The van der Waals surface area contributed by atoms with Crippen molar-refractivity contribution in [3.63, 3.8) is 0 Å². The summed E-state index contributed by atoms with van der Waals surface area (Å²) < 4.78 is 51.6. The largest absolute Gasteiger partial charge is 0.394 e. The molecule has 17 N–H and O–H groups in total. The zero-order chi connectivity index (χ0) is 48.2. The summed E-state index contributed by atoms with van der Waals surface area (Å²) in [5.74, 6) is -2.26. The Kier molecular flexibility index (Phi) is 19.1. The van der Waals surface area contributed by atoms with Gasteiger partial charge in [0, 0.05) is 20.8 Å². The maximum atomic E-state index is 12.5.